The molecule has 5 nitrogen and oxygen atoms in total. The van der Waals surface area contributed by atoms with Crippen LogP contribution in [0, 0.1) is 0 Å². The maximum atomic E-state index is 13.6. The van der Waals surface area contributed by atoms with Crippen molar-refractivity contribution < 1.29 is 39.8 Å². The van der Waals surface area contributed by atoms with Gasteiger partial charge < -0.3 is 4.43 Å². The summed E-state index contributed by atoms with van der Waals surface area (Å²) >= 11 is 0. The van der Waals surface area contributed by atoms with Crippen molar-refractivity contribution in [2.24, 2.45) is 0 Å². The van der Waals surface area contributed by atoms with Gasteiger partial charge in [0.05, 0.1) is 0 Å². The molecule has 138 valence electrons. The zero-order valence-corrected chi connectivity index (χ0v) is 15.1. The summed E-state index contributed by atoms with van der Waals surface area (Å²) in [6, 6.07) is 0.940. The summed E-state index contributed by atoms with van der Waals surface area (Å²) in [5.74, 6) is -8.25. The van der Waals surface area contributed by atoms with Crippen LogP contribution in [0.3, 0.4) is 0 Å². The summed E-state index contributed by atoms with van der Waals surface area (Å²) < 4.78 is 87.7. The van der Waals surface area contributed by atoms with Gasteiger partial charge in [0.1, 0.15) is 0 Å². The van der Waals surface area contributed by atoms with E-state index in [1.54, 1.807) is 20.8 Å². The summed E-state index contributed by atoms with van der Waals surface area (Å²) in [6.45, 7) is 5.23. The van der Waals surface area contributed by atoms with E-state index in [2.05, 4.69) is 0 Å². The van der Waals surface area contributed by atoms with E-state index in [1.807, 2.05) is 0 Å². The van der Waals surface area contributed by atoms with Gasteiger partial charge in [0.15, 0.2) is 0 Å². The molecular weight excluding hydrogens is 360 g/mol. The normalized spacial score (nSPS) is 13.9. The quantitative estimate of drug-likeness (QED) is 0.353. The zero-order valence-electron chi connectivity index (χ0n) is 13.2. The molecule has 0 aromatic rings. The van der Waals surface area contributed by atoms with E-state index in [9.17, 15) is 30.8 Å². The fraction of sp³-hybridized carbons (Fsp3) is 0.917. The zero-order chi connectivity index (χ0) is 18.5. The van der Waals surface area contributed by atoms with E-state index < -0.39 is 35.6 Å². The van der Waals surface area contributed by atoms with Crippen LogP contribution >= 0.6 is 0 Å². The molecule has 0 aliphatic heterocycles. The molecule has 0 saturated carbocycles. The van der Waals surface area contributed by atoms with Gasteiger partial charge in [-0.25, -0.2) is 4.79 Å². The Hall–Kier alpha value is -0.683. The third-order valence-corrected chi connectivity index (χ3v) is 9.13. The summed E-state index contributed by atoms with van der Waals surface area (Å²) in [5.41, 5.74) is 0. The van der Waals surface area contributed by atoms with Crippen molar-refractivity contribution in [3.8, 4) is 0 Å². The average molecular weight is 382 g/mol. The van der Waals surface area contributed by atoms with Crippen LogP contribution in [0.5, 0.6) is 0 Å². The van der Waals surface area contributed by atoms with Crippen LogP contribution in [-0.4, -0.2) is 38.4 Å². The minimum absolute atomic E-state index is 0.313. The van der Waals surface area contributed by atoms with Crippen molar-refractivity contribution in [3.05, 3.63) is 0 Å². The second kappa shape index (κ2) is 7.93. The van der Waals surface area contributed by atoms with Crippen LogP contribution in [0.25, 0.3) is 0 Å². The predicted octanol–water partition coefficient (Wildman–Crippen LogP) is 3.82. The Bertz CT molecular complexity index is 493. The molecule has 0 atom stereocenters. The smallest absolute Gasteiger partial charge is 0.443 e. The molecule has 0 aromatic carbocycles. The molecule has 0 spiro atoms. The lowest BCUT2D eigenvalue weighted by Gasteiger charge is -2.33. The van der Waals surface area contributed by atoms with Crippen molar-refractivity contribution in [2.45, 2.75) is 69.3 Å². The van der Waals surface area contributed by atoms with Crippen LogP contribution in [0.1, 0.15) is 40.0 Å². The topological polar surface area (TPSA) is 80.7 Å². The highest BCUT2D eigenvalue weighted by Crippen LogP contribution is 2.41. The van der Waals surface area contributed by atoms with Crippen molar-refractivity contribution >= 4 is 24.4 Å². The molecule has 23 heavy (non-hydrogen) atoms. The van der Waals surface area contributed by atoms with Crippen LogP contribution in [0.4, 0.5) is 17.6 Å². The van der Waals surface area contributed by atoms with Gasteiger partial charge in [0.2, 0.25) is 0 Å². The third-order valence-electron chi connectivity index (χ3n) is 3.37. The maximum Gasteiger partial charge on any atom is 0.443 e. The van der Waals surface area contributed by atoms with Gasteiger partial charge in [0.25, 0.3) is 8.32 Å². The second-order valence-electron chi connectivity index (χ2n) is 5.39. The van der Waals surface area contributed by atoms with Gasteiger partial charge in [0, 0.05) is 0 Å². The highest BCUT2D eigenvalue weighted by Gasteiger charge is 2.71. The minimum Gasteiger partial charge on any atom is -0.514 e. The summed E-state index contributed by atoms with van der Waals surface area (Å²) in [5, 5.41) is -5.94. The molecule has 0 aliphatic carbocycles. The lowest BCUT2D eigenvalue weighted by molar-refractivity contribution is -0.197. The van der Waals surface area contributed by atoms with Gasteiger partial charge >= 0.3 is 27.3 Å². The summed E-state index contributed by atoms with van der Waals surface area (Å²) in [6.07, 6.45) is 1.54. The van der Waals surface area contributed by atoms with E-state index >= 15 is 0 Å². The molecule has 0 bridgehead atoms. The SMILES string of the molecule is CCC[Si](CCC)(CCC)OC(=O)C(F)(F)C(F)(F)S(=O)(=O)O. The Morgan fingerprint density at radius 1 is 1.00 bits per heavy atom. The van der Waals surface area contributed by atoms with E-state index in [-0.39, 0.29) is 0 Å². The number of carbonyl (C=O) groups excluding carboxylic acids is 1. The molecule has 11 heteroatoms. The van der Waals surface area contributed by atoms with Gasteiger partial charge in [-0.2, -0.15) is 26.0 Å². The van der Waals surface area contributed by atoms with Gasteiger partial charge in [-0.15, -0.1) is 0 Å². The number of hydrogen-bond donors (Lipinski definition) is 1. The Kier molecular flexibility index (Phi) is 7.69. The Labute approximate surface area is 134 Å². The van der Waals surface area contributed by atoms with Crippen molar-refractivity contribution in [2.75, 3.05) is 0 Å². The standard InChI is InChI=1S/C12H22F4O5SSi/c1-4-7-23(8-5-2,9-6-3)21-10(17)11(13,14)12(15,16)22(18,19)20/h4-9H2,1-3H3,(H,18,19,20). The maximum absolute atomic E-state index is 13.6. The highest BCUT2D eigenvalue weighted by molar-refractivity contribution is 7.87. The van der Waals surface area contributed by atoms with Crippen LogP contribution in [0.2, 0.25) is 18.1 Å². The van der Waals surface area contributed by atoms with Crippen molar-refractivity contribution in [1.82, 2.24) is 0 Å². The highest BCUT2D eigenvalue weighted by atomic mass is 32.2. The van der Waals surface area contributed by atoms with Gasteiger partial charge in [-0.1, -0.05) is 40.0 Å². The lowest BCUT2D eigenvalue weighted by atomic mass is 10.3. The van der Waals surface area contributed by atoms with E-state index in [0.29, 0.717) is 37.4 Å². The predicted molar refractivity (Wildman–Crippen MR) is 78.6 cm³/mol. The van der Waals surface area contributed by atoms with E-state index in [0.717, 1.165) is 0 Å². The largest absolute Gasteiger partial charge is 0.514 e. The number of rotatable bonds is 10. The van der Waals surface area contributed by atoms with Crippen LogP contribution in [0.15, 0.2) is 0 Å². The fourth-order valence-electron chi connectivity index (χ4n) is 2.44. The first kappa shape index (κ1) is 22.3. The number of carbonyl (C=O) groups is 1. The van der Waals surface area contributed by atoms with E-state index in [1.165, 1.54) is 0 Å². The van der Waals surface area contributed by atoms with E-state index in [4.69, 9.17) is 8.98 Å². The molecule has 0 fully saturated rings. The molecule has 1 N–H and O–H groups in total. The molecule has 0 amide bonds. The molecule has 0 radical (unpaired) electrons. The first-order chi connectivity index (χ1) is 10.3. The molecule has 0 heterocycles. The summed E-state index contributed by atoms with van der Waals surface area (Å²) in [4.78, 5) is 11.6. The van der Waals surface area contributed by atoms with Crippen molar-refractivity contribution in [1.29, 1.82) is 0 Å². The first-order valence-electron chi connectivity index (χ1n) is 7.27. The molecule has 0 saturated heterocycles. The molecule has 0 aromatic heterocycles. The van der Waals surface area contributed by atoms with Gasteiger partial charge in [-0.3, -0.25) is 4.55 Å². The summed E-state index contributed by atoms with van der Waals surface area (Å²) in [7, 11) is -9.51. The minimum atomic E-state index is -6.47. The first-order valence-corrected chi connectivity index (χ1v) is 11.2. The Morgan fingerprint density at radius 2 is 1.35 bits per heavy atom. The molecule has 0 aliphatic rings. The van der Waals surface area contributed by atoms with Crippen LogP contribution in [-0.2, 0) is 19.3 Å². The number of alkyl halides is 4. The second-order valence-corrected chi connectivity index (χ2v) is 10.9. The number of hydrogen-bond acceptors (Lipinski definition) is 4. The average Bonchev–Trinajstić information content (AvgIpc) is 2.37. The monoisotopic (exact) mass is 382 g/mol. The molecule has 0 rings (SSSR count). The molecular formula is C12H22F4O5SSi. The fourth-order valence-corrected chi connectivity index (χ4v) is 7.16. The molecule has 0 unspecified atom stereocenters. The van der Waals surface area contributed by atoms with Gasteiger partial charge in [-0.05, 0) is 18.1 Å². The van der Waals surface area contributed by atoms with Crippen molar-refractivity contribution in [3.63, 3.8) is 0 Å². The third kappa shape index (κ3) is 4.89. The van der Waals surface area contributed by atoms with Crippen LogP contribution < -0.4 is 0 Å². The Morgan fingerprint density at radius 3 is 1.61 bits per heavy atom. The number of halogens is 4. The Balaban J connectivity index is 5.63. The lowest BCUT2D eigenvalue weighted by Crippen LogP contribution is -2.55.